The maximum atomic E-state index is 5.77. The van der Waals surface area contributed by atoms with E-state index in [1.165, 1.54) is 56.0 Å². The molecule has 0 radical (unpaired) electrons. The Morgan fingerprint density at radius 1 is 0.418 bits per heavy atom. The normalized spacial score (nSPS) is 17.8. The first-order valence-corrected chi connectivity index (χ1v) is 28.6. The van der Waals surface area contributed by atoms with E-state index in [0.29, 0.717) is 11.8 Å². The van der Waals surface area contributed by atoms with Crippen LogP contribution in [0.2, 0.25) is 0 Å². The molecule has 4 nitrogen and oxygen atoms in total. The van der Waals surface area contributed by atoms with Crippen LogP contribution in [0.5, 0.6) is 0 Å². The van der Waals surface area contributed by atoms with Crippen molar-refractivity contribution in [2.24, 2.45) is 5.41 Å². The van der Waals surface area contributed by atoms with Crippen LogP contribution in [0.3, 0.4) is 0 Å². The molecular formula is C74H60N4S. The Morgan fingerprint density at radius 3 is 1.22 bits per heavy atom. The zero-order valence-electron chi connectivity index (χ0n) is 44.8. The Bertz CT molecular complexity index is 3950. The lowest BCUT2D eigenvalue weighted by molar-refractivity contribution is 0.227. The van der Waals surface area contributed by atoms with Gasteiger partial charge in [-0.2, -0.15) is 0 Å². The van der Waals surface area contributed by atoms with E-state index in [1.807, 2.05) is 11.3 Å². The van der Waals surface area contributed by atoms with E-state index in [4.69, 9.17) is 9.97 Å². The number of fused-ring (bicyclic) bond motifs is 6. The number of anilines is 5. The molecule has 0 saturated heterocycles. The van der Waals surface area contributed by atoms with E-state index in [-0.39, 0.29) is 10.8 Å². The van der Waals surface area contributed by atoms with Gasteiger partial charge in [0.25, 0.3) is 0 Å². The van der Waals surface area contributed by atoms with Gasteiger partial charge in [-0.3, -0.25) is 0 Å². The van der Waals surface area contributed by atoms with Crippen molar-refractivity contribution in [1.29, 1.82) is 0 Å². The Kier molecular flexibility index (Phi) is 12.2. The quantitative estimate of drug-likeness (QED) is 0.122. The minimum atomic E-state index is -0.0293. The van der Waals surface area contributed by atoms with Gasteiger partial charge in [0.2, 0.25) is 0 Å². The molecule has 11 aromatic rings. The summed E-state index contributed by atoms with van der Waals surface area (Å²) in [6.07, 6.45) is 10.3. The lowest BCUT2D eigenvalue weighted by Crippen LogP contribution is -2.31. The molecule has 5 heteroatoms. The molecule has 2 aromatic heterocycles. The highest BCUT2D eigenvalue weighted by Crippen LogP contribution is 2.67. The van der Waals surface area contributed by atoms with Gasteiger partial charge in [0.05, 0.1) is 21.1 Å². The SMILES string of the molecule is CC12CCC(c3nc4c(-c5ccc(N(c6ccc(-c7ccccc7)cc6)c6ccc(-c7ccccc7)cc6)cc5)sc(-c5ccc(N(C6=CCC(c7ccccc7)C=C6)c6ccc(-c7ccccc7)cc6)cc5)c4nc31)C2(C)C. The monoisotopic (exact) mass is 1040 g/mol. The maximum absolute atomic E-state index is 5.77. The Labute approximate surface area is 468 Å². The van der Waals surface area contributed by atoms with Gasteiger partial charge < -0.3 is 9.80 Å². The molecule has 0 aliphatic heterocycles. The van der Waals surface area contributed by atoms with Gasteiger partial charge in [-0.15, -0.1) is 11.3 Å². The molecule has 14 rings (SSSR count). The third-order valence-electron chi connectivity index (χ3n) is 17.7. The summed E-state index contributed by atoms with van der Waals surface area (Å²) in [7, 11) is 0. The van der Waals surface area contributed by atoms with Gasteiger partial charge in [-0.25, -0.2) is 9.97 Å². The maximum Gasteiger partial charge on any atom is 0.108 e. The van der Waals surface area contributed by atoms with E-state index in [1.54, 1.807) is 0 Å². The van der Waals surface area contributed by atoms with Gasteiger partial charge in [0, 0.05) is 51.4 Å². The van der Waals surface area contributed by atoms with Crippen molar-refractivity contribution in [3.8, 4) is 54.3 Å². The van der Waals surface area contributed by atoms with Crippen LogP contribution < -0.4 is 9.80 Å². The lowest BCUT2D eigenvalue weighted by atomic mass is 9.70. The fourth-order valence-electron chi connectivity index (χ4n) is 12.8. The highest BCUT2D eigenvalue weighted by molar-refractivity contribution is 7.20. The lowest BCUT2D eigenvalue weighted by Gasteiger charge is -2.34. The second-order valence-corrected chi connectivity index (χ2v) is 23.3. The molecule has 1 fully saturated rings. The highest BCUT2D eigenvalue weighted by atomic mass is 32.1. The summed E-state index contributed by atoms with van der Waals surface area (Å²) in [5.41, 5.74) is 21.9. The molecular weight excluding hydrogens is 977 g/mol. The zero-order chi connectivity index (χ0) is 53.1. The van der Waals surface area contributed by atoms with E-state index in [0.717, 1.165) is 79.6 Å². The first-order chi connectivity index (χ1) is 38.8. The largest absolute Gasteiger partial charge is 0.311 e. The third kappa shape index (κ3) is 8.61. The Hall–Kier alpha value is -8.90. The van der Waals surface area contributed by atoms with Gasteiger partial charge in [0.15, 0.2) is 0 Å². The molecule has 382 valence electrons. The standard InChI is InChI=1S/C74H60N4S/c1-73(2)66-48-49-74(73,3)72-67(66)75-68-69(76-72)71(59-34-46-65(47-35-59)78(62-40-28-56(29-41-62)52-20-12-6-13-21-52)63-42-30-57(31-43-63)53-22-14-7-15-23-53)79-70(68)58-32-44-64(45-33-58)77(60-36-24-54(25-37-60)50-16-8-4-9-17-50)61-38-26-55(27-39-61)51-18-10-5-11-19-51/h4-30,32-47,57,66H,31,48-49H2,1-3H3. The van der Waals surface area contributed by atoms with Crippen molar-refractivity contribution >= 4 is 50.8 Å². The van der Waals surface area contributed by atoms with E-state index < -0.39 is 0 Å². The minimum Gasteiger partial charge on any atom is -0.311 e. The fourth-order valence-corrected chi connectivity index (χ4v) is 14.0. The van der Waals surface area contributed by atoms with Gasteiger partial charge in [-0.1, -0.05) is 215 Å². The summed E-state index contributed by atoms with van der Waals surface area (Å²) in [4.78, 5) is 18.6. The smallest absolute Gasteiger partial charge is 0.108 e. The fraction of sp³-hybridized carbons (Fsp3) is 0.135. The first kappa shape index (κ1) is 48.5. The van der Waals surface area contributed by atoms with Crippen LogP contribution in [0.1, 0.15) is 68.8 Å². The Balaban J connectivity index is 0.848. The highest BCUT2D eigenvalue weighted by Gasteiger charge is 2.61. The van der Waals surface area contributed by atoms with Crippen LogP contribution >= 0.6 is 11.3 Å². The average Bonchev–Trinajstić information content (AvgIpc) is 4.25. The topological polar surface area (TPSA) is 32.3 Å². The van der Waals surface area contributed by atoms with Gasteiger partial charge >= 0.3 is 0 Å². The third-order valence-corrected chi connectivity index (χ3v) is 18.9. The number of allylic oxidation sites excluding steroid dienone is 3. The van der Waals surface area contributed by atoms with Crippen molar-refractivity contribution in [2.75, 3.05) is 9.80 Å². The molecule has 1 saturated carbocycles. The number of benzene rings is 9. The molecule has 0 amide bonds. The second-order valence-electron chi connectivity index (χ2n) is 22.3. The molecule has 2 heterocycles. The van der Waals surface area contributed by atoms with Crippen molar-refractivity contribution in [1.82, 2.24) is 9.97 Å². The number of hydrogen-bond acceptors (Lipinski definition) is 5. The van der Waals surface area contributed by atoms with Gasteiger partial charge in [0.1, 0.15) is 11.0 Å². The molecule has 9 aromatic carbocycles. The van der Waals surface area contributed by atoms with E-state index in [2.05, 4.69) is 291 Å². The number of nitrogens with zero attached hydrogens (tertiary/aromatic N) is 4. The summed E-state index contributed by atoms with van der Waals surface area (Å²) in [5, 5.41) is 0. The van der Waals surface area contributed by atoms with Crippen LogP contribution in [-0.2, 0) is 5.41 Å². The first-order valence-electron chi connectivity index (χ1n) is 27.8. The predicted molar refractivity (Wildman–Crippen MR) is 332 cm³/mol. The molecule has 3 atom stereocenters. The summed E-state index contributed by atoms with van der Waals surface area (Å²) in [6, 6.07) is 87.9. The van der Waals surface area contributed by atoms with Gasteiger partial charge in [-0.05, 0) is 141 Å². The molecule has 3 aliphatic carbocycles. The summed E-state index contributed by atoms with van der Waals surface area (Å²) in [5.74, 6) is 0.725. The van der Waals surface area contributed by atoms with Crippen molar-refractivity contribution in [3.05, 3.63) is 284 Å². The summed E-state index contributed by atoms with van der Waals surface area (Å²) >= 11 is 1.82. The molecule has 3 aliphatic rings. The van der Waals surface area contributed by atoms with Crippen LogP contribution in [0.15, 0.2) is 267 Å². The summed E-state index contributed by atoms with van der Waals surface area (Å²) in [6.45, 7) is 7.32. The molecule has 79 heavy (non-hydrogen) atoms. The number of rotatable bonds is 12. The van der Waals surface area contributed by atoms with Crippen LogP contribution in [0.25, 0.3) is 65.3 Å². The van der Waals surface area contributed by atoms with Crippen molar-refractivity contribution in [3.63, 3.8) is 0 Å². The van der Waals surface area contributed by atoms with Crippen LogP contribution in [-0.4, -0.2) is 9.97 Å². The molecule has 0 spiro atoms. The number of hydrogen-bond donors (Lipinski definition) is 0. The Morgan fingerprint density at radius 2 is 0.797 bits per heavy atom. The van der Waals surface area contributed by atoms with Crippen LogP contribution in [0, 0.1) is 5.41 Å². The second kappa shape index (κ2) is 19.8. The van der Waals surface area contributed by atoms with Crippen LogP contribution in [0.4, 0.5) is 28.4 Å². The molecule has 0 N–H and O–H groups in total. The zero-order valence-corrected chi connectivity index (χ0v) is 45.6. The van der Waals surface area contributed by atoms with E-state index in [9.17, 15) is 0 Å². The van der Waals surface area contributed by atoms with Crippen molar-refractivity contribution < 1.29 is 0 Å². The number of aromatic nitrogens is 2. The van der Waals surface area contributed by atoms with E-state index >= 15 is 0 Å². The minimum absolute atomic E-state index is 0.0293. The van der Waals surface area contributed by atoms with Crippen molar-refractivity contribution in [2.45, 2.75) is 57.3 Å². The molecule has 2 bridgehead atoms. The number of thiophene rings is 1. The predicted octanol–water partition coefficient (Wildman–Crippen LogP) is 20.4. The summed E-state index contributed by atoms with van der Waals surface area (Å²) < 4.78 is 0. The average molecular weight is 1040 g/mol. The molecule has 3 unspecified atom stereocenters.